The summed E-state index contributed by atoms with van der Waals surface area (Å²) in [5.41, 5.74) is 2.92. The van der Waals surface area contributed by atoms with Gasteiger partial charge in [0, 0.05) is 11.9 Å². The van der Waals surface area contributed by atoms with Gasteiger partial charge in [0.1, 0.15) is 0 Å². The summed E-state index contributed by atoms with van der Waals surface area (Å²) in [7, 11) is 1.46. The molecule has 0 radical (unpaired) electrons. The molecule has 150 valence electrons. The van der Waals surface area contributed by atoms with E-state index in [-0.39, 0.29) is 17.0 Å². The molecule has 0 unspecified atom stereocenters. The molecule has 0 saturated heterocycles. The maximum Gasteiger partial charge on any atom is 0.292 e. The number of carbonyl (C=O) groups excluding carboxylic acids is 1. The summed E-state index contributed by atoms with van der Waals surface area (Å²) >= 11 is 0. The summed E-state index contributed by atoms with van der Waals surface area (Å²) in [5.74, 6) is -0.213. The van der Waals surface area contributed by atoms with Crippen molar-refractivity contribution in [3.63, 3.8) is 0 Å². The third kappa shape index (κ3) is 4.43. The SMILES string of the molecule is CCCCn1nc(C(=O)N/N=C\c2ccc(OC)c(O)c2)c2ccccc2c1=O. The van der Waals surface area contributed by atoms with E-state index >= 15 is 0 Å². The van der Waals surface area contributed by atoms with E-state index in [9.17, 15) is 14.7 Å². The number of amides is 1. The van der Waals surface area contributed by atoms with Gasteiger partial charge in [0.25, 0.3) is 11.5 Å². The van der Waals surface area contributed by atoms with Gasteiger partial charge in [-0.05, 0) is 36.2 Å². The number of aromatic nitrogens is 2. The van der Waals surface area contributed by atoms with E-state index in [1.165, 1.54) is 24.1 Å². The molecule has 0 fully saturated rings. The highest BCUT2D eigenvalue weighted by atomic mass is 16.5. The first kappa shape index (κ1) is 20.1. The van der Waals surface area contributed by atoms with Gasteiger partial charge in [-0.25, -0.2) is 10.1 Å². The van der Waals surface area contributed by atoms with Crippen molar-refractivity contribution in [2.45, 2.75) is 26.3 Å². The lowest BCUT2D eigenvalue weighted by Gasteiger charge is -2.09. The second-order valence-electron chi connectivity index (χ2n) is 6.41. The van der Waals surface area contributed by atoms with Gasteiger partial charge in [-0.15, -0.1) is 0 Å². The van der Waals surface area contributed by atoms with Crippen LogP contribution in [0.1, 0.15) is 35.8 Å². The number of hydrogen-bond donors (Lipinski definition) is 2. The molecule has 1 aromatic heterocycles. The molecule has 0 atom stereocenters. The van der Waals surface area contributed by atoms with E-state index in [0.29, 0.717) is 28.6 Å². The third-order valence-corrected chi connectivity index (χ3v) is 4.39. The molecule has 0 aliphatic heterocycles. The van der Waals surface area contributed by atoms with E-state index < -0.39 is 5.91 Å². The maximum absolute atomic E-state index is 12.7. The molecule has 0 bridgehead atoms. The largest absolute Gasteiger partial charge is 0.504 e. The van der Waals surface area contributed by atoms with Crippen molar-refractivity contribution < 1.29 is 14.6 Å². The van der Waals surface area contributed by atoms with E-state index in [0.717, 1.165) is 12.8 Å². The van der Waals surface area contributed by atoms with Crippen molar-refractivity contribution in [2.75, 3.05) is 7.11 Å². The Morgan fingerprint density at radius 3 is 2.72 bits per heavy atom. The molecule has 8 heteroatoms. The Morgan fingerprint density at radius 1 is 1.28 bits per heavy atom. The van der Waals surface area contributed by atoms with Crippen LogP contribution in [-0.2, 0) is 6.54 Å². The average molecular weight is 394 g/mol. The molecule has 2 aromatic carbocycles. The number of fused-ring (bicyclic) bond motifs is 1. The molecule has 1 heterocycles. The number of nitrogens with one attached hydrogen (secondary N) is 1. The lowest BCUT2D eigenvalue weighted by Crippen LogP contribution is -2.29. The summed E-state index contributed by atoms with van der Waals surface area (Å²) in [4.78, 5) is 25.3. The summed E-state index contributed by atoms with van der Waals surface area (Å²) in [6, 6.07) is 11.6. The highest BCUT2D eigenvalue weighted by molar-refractivity contribution is 6.04. The van der Waals surface area contributed by atoms with Crippen LogP contribution in [-0.4, -0.2) is 34.1 Å². The normalized spacial score (nSPS) is 11.1. The first-order valence-electron chi connectivity index (χ1n) is 9.25. The number of rotatable bonds is 7. The van der Waals surface area contributed by atoms with E-state index in [4.69, 9.17) is 4.74 Å². The molecule has 29 heavy (non-hydrogen) atoms. The Morgan fingerprint density at radius 2 is 2.03 bits per heavy atom. The maximum atomic E-state index is 12.7. The molecule has 1 amide bonds. The summed E-state index contributed by atoms with van der Waals surface area (Å²) < 4.78 is 6.32. The smallest absolute Gasteiger partial charge is 0.292 e. The van der Waals surface area contributed by atoms with Crippen LogP contribution in [0, 0.1) is 0 Å². The first-order valence-corrected chi connectivity index (χ1v) is 9.25. The minimum atomic E-state index is -0.527. The number of phenolic OH excluding ortho intramolecular Hbond substituents is 1. The fourth-order valence-electron chi connectivity index (χ4n) is 2.87. The summed E-state index contributed by atoms with van der Waals surface area (Å²) in [6.45, 7) is 2.46. The number of methoxy groups -OCH3 is 1. The highest BCUT2D eigenvalue weighted by Gasteiger charge is 2.16. The molecule has 0 aliphatic carbocycles. The van der Waals surface area contributed by atoms with Gasteiger partial charge in [-0.2, -0.15) is 10.2 Å². The van der Waals surface area contributed by atoms with Crippen LogP contribution >= 0.6 is 0 Å². The standard InChI is InChI=1S/C21H22N4O4/c1-3-4-11-25-21(28)16-8-6-5-7-15(16)19(24-25)20(27)23-22-13-14-9-10-18(29-2)17(26)12-14/h5-10,12-13,26H,3-4,11H2,1-2H3,(H,23,27)/b22-13-. The molecular weight excluding hydrogens is 372 g/mol. The van der Waals surface area contributed by atoms with Gasteiger partial charge < -0.3 is 9.84 Å². The van der Waals surface area contributed by atoms with Crippen LogP contribution in [0.2, 0.25) is 0 Å². The average Bonchev–Trinajstić information content (AvgIpc) is 2.73. The lowest BCUT2D eigenvalue weighted by molar-refractivity contribution is 0.0949. The zero-order valence-corrected chi connectivity index (χ0v) is 16.3. The van der Waals surface area contributed by atoms with E-state index in [1.807, 2.05) is 6.92 Å². The van der Waals surface area contributed by atoms with Crippen LogP contribution < -0.4 is 15.7 Å². The number of aryl methyl sites for hydroxylation is 1. The minimum absolute atomic E-state index is 0.0292. The van der Waals surface area contributed by atoms with Gasteiger partial charge in [-0.1, -0.05) is 31.5 Å². The number of aromatic hydroxyl groups is 1. The lowest BCUT2D eigenvalue weighted by atomic mass is 10.1. The number of unbranched alkanes of at least 4 members (excludes halogenated alkanes) is 1. The van der Waals surface area contributed by atoms with Crippen LogP contribution in [0.25, 0.3) is 10.8 Å². The van der Waals surface area contributed by atoms with Crippen molar-refractivity contribution in [1.29, 1.82) is 0 Å². The number of carbonyl (C=O) groups is 1. The third-order valence-electron chi connectivity index (χ3n) is 4.39. The number of hydrogen-bond acceptors (Lipinski definition) is 6. The fourth-order valence-corrected chi connectivity index (χ4v) is 2.87. The fraction of sp³-hybridized carbons (Fsp3) is 0.238. The quantitative estimate of drug-likeness (QED) is 0.473. The van der Waals surface area contributed by atoms with Crippen molar-refractivity contribution in [2.24, 2.45) is 5.10 Å². The molecule has 3 rings (SSSR count). The number of hydrazone groups is 1. The van der Waals surface area contributed by atoms with Gasteiger partial charge >= 0.3 is 0 Å². The van der Waals surface area contributed by atoms with Gasteiger partial charge in [0.15, 0.2) is 17.2 Å². The Bertz CT molecular complexity index is 1120. The number of benzene rings is 2. The predicted octanol–water partition coefficient (Wildman–Crippen LogP) is 2.67. The van der Waals surface area contributed by atoms with Crippen LogP contribution in [0.15, 0.2) is 52.4 Å². The zero-order valence-electron chi connectivity index (χ0n) is 16.3. The van der Waals surface area contributed by atoms with Gasteiger partial charge in [0.2, 0.25) is 0 Å². The van der Waals surface area contributed by atoms with Crippen LogP contribution in [0.4, 0.5) is 0 Å². The Hall–Kier alpha value is -3.68. The zero-order chi connectivity index (χ0) is 20.8. The second-order valence-corrected chi connectivity index (χ2v) is 6.41. The molecule has 2 N–H and O–H groups in total. The Kier molecular flexibility index (Phi) is 6.23. The summed E-state index contributed by atoms with van der Waals surface area (Å²) in [5, 5.41) is 18.9. The molecule has 8 nitrogen and oxygen atoms in total. The van der Waals surface area contributed by atoms with Gasteiger partial charge in [-0.3, -0.25) is 9.59 Å². The number of phenols is 1. The van der Waals surface area contributed by atoms with Crippen molar-refractivity contribution in [1.82, 2.24) is 15.2 Å². The molecule has 0 spiro atoms. The van der Waals surface area contributed by atoms with Crippen molar-refractivity contribution in [3.8, 4) is 11.5 Å². The molecule has 0 aliphatic rings. The first-order chi connectivity index (χ1) is 14.0. The second kappa shape index (κ2) is 9.01. The van der Waals surface area contributed by atoms with Gasteiger partial charge in [0.05, 0.1) is 18.7 Å². The number of nitrogens with zero attached hydrogens (tertiary/aromatic N) is 3. The Labute approximate surface area is 167 Å². The van der Waals surface area contributed by atoms with Crippen LogP contribution in [0.3, 0.4) is 0 Å². The topological polar surface area (TPSA) is 106 Å². The van der Waals surface area contributed by atoms with Crippen molar-refractivity contribution >= 4 is 22.9 Å². The Balaban J connectivity index is 1.87. The predicted molar refractivity (Wildman–Crippen MR) is 111 cm³/mol. The molecule has 3 aromatic rings. The van der Waals surface area contributed by atoms with Crippen LogP contribution in [0.5, 0.6) is 11.5 Å². The monoisotopic (exact) mass is 394 g/mol. The molecule has 0 saturated carbocycles. The van der Waals surface area contributed by atoms with Crippen molar-refractivity contribution in [3.05, 3.63) is 64.1 Å². The molecular formula is C21H22N4O4. The summed E-state index contributed by atoms with van der Waals surface area (Å²) in [6.07, 6.45) is 3.08. The van der Waals surface area contributed by atoms with E-state index in [2.05, 4.69) is 15.6 Å². The number of ether oxygens (including phenoxy) is 1. The highest BCUT2D eigenvalue weighted by Crippen LogP contribution is 2.25. The van der Waals surface area contributed by atoms with E-state index in [1.54, 1.807) is 36.4 Å². The minimum Gasteiger partial charge on any atom is -0.504 e.